The van der Waals surface area contributed by atoms with Crippen LogP contribution in [0.2, 0.25) is 0 Å². The molecule has 1 N–H and O–H groups in total. The molecule has 0 bridgehead atoms. The molecule has 0 radical (unpaired) electrons. The number of rotatable bonds is 9. The van der Waals surface area contributed by atoms with Gasteiger partial charge in [0.25, 0.3) is 5.91 Å². The molecular weight excluding hydrogens is 386 g/mol. The maximum absolute atomic E-state index is 12.2. The van der Waals surface area contributed by atoms with Crippen LogP contribution in [0.4, 0.5) is 5.69 Å². The number of likely N-dealkylation sites (N-methyl/N-ethyl adjacent to an activating group) is 1. The van der Waals surface area contributed by atoms with Crippen molar-refractivity contribution in [1.82, 2.24) is 4.90 Å². The third-order valence-electron chi connectivity index (χ3n) is 4.18. The number of nitriles is 1. The number of esters is 1. The third kappa shape index (κ3) is 6.95. The zero-order valence-corrected chi connectivity index (χ0v) is 16.9. The van der Waals surface area contributed by atoms with Crippen molar-refractivity contribution in [1.29, 1.82) is 5.26 Å². The Morgan fingerprint density at radius 3 is 2.43 bits per heavy atom. The predicted octanol–water partition coefficient (Wildman–Crippen LogP) is 2.14. The average Bonchev–Trinajstić information content (AvgIpc) is 2.76. The summed E-state index contributed by atoms with van der Waals surface area (Å²) < 4.78 is 10.1. The van der Waals surface area contributed by atoms with E-state index in [1.54, 1.807) is 30.3 Å². The van der Waals surface area contributed by atoms with Crippen LogP contribution in [0.1, 0.15) is 18.1 Å². The molecule has 2 amide bonds. The topological polar surface area (TPSA) is 109 Å². The van der Waals surface area contributed by atoms with Gasteiger partial charge >= 0.3 is 5.97 Å². The summed E-state index contributed by atoms with van der Waals surface area (Å²) in [6, 6.07) is 15.6. The number of para-hydroxylation sites is 1. The number of ether oxygens (including phenoxy) is 2. The smallest absolute Gasteiger partial charge is 0.344 e. The highest BCUT2D eigenvalue weighted by molar-refractivity contribution is 5.95. The van der Waals surface area contributed by atoms with Crippen LogP contribution in [0, 0.1) is 11.3 Å². The molecule has 0 aromatic heterocycles. The standard InChI is InChI=1S/C22H23N3O5/c1-3-17-6-4-5-7-19(17)24-20(26)13-25(2)21(27)14-30-22(28)15-29-18-10-8-16(12-23)9-11-18/h4-11H,3,13-15H2,1-2H3,(H,24,26). The monoisotopic (exact) mass is 409 g/mol. The van der Waals surface area contributed by atoms with E-state index < -0.39 is 18.5 Å². The van der Waals surface area contributed by atoms with E-state index in [0.717, 1.165) is 12.0 Å². The number of hydrogen-bond acceptors (Lipinski definition) is 6. The SMILES string of the molecule is CCc1ccccc1NC(=O)CN(C)C(=O)COC(=O)COc1ccc(C#N)cc1. The van der Waals surface area contributed by atoms with E-state index in [-0.39, 0.29) is 19.1 Å². The molecule has 0 aliphatic heterocycles. The van der Waals surface area contributed by atoms with Gasteiger partial charge in [-0.25, -0.2) is 4.79 Å². The maximum Gasteiger partial charge on any atom is 0.344 e. The molecule has 0 fully saturated rings. The molecule has 0 unspecified atom stereocenters. The third-order valence-corrected chi connectivity index (χ3v) is 4.18. The molecule has 2 aromatic carbocycles. The molecule has 2 rings (SSSR count). The van der Waals surface area contributed by atoms with Gasteiger partial charge in [0.1, 0.15) is 5.75 Å². The molecule has 0 spiro atoms. The minimum atomic E-state index is -0.720. The normalized spacial score (nSPS) is 9.90. The van der Waals surface area contributed by atoms with E-state index in [0.29, 0.717) is 17.0 Å². The lowest BCUT2D eigenvalue weighted by Gasteiger charge is -2.17. The van der Waals surface area contributed by atoms with Gasteiger partial charge in [0.2, 0.25) is 5.91 Å². The van der Waals surface area contributed by atoms with E-state index >= 15 is 0 Å². The van der Waals surface area contributed by atoms with Crippen molar-refractivity contribution in [3.8, 4) is 11.8 Å². The Morgan fingerprint density at radius 1 is 1.07 bits per heavy atom. The van der Waals surface area contributed by atoms with Gasteiger partial charge in [0, 0.05) is 12.7 Å². The van der Waals surface area contributed by atoms with Crippen LogP contribution >= 0.6 is 0 Å². The van der Waals surface area contributed by atoms with Crippen LogP contribution < -0.4 is 10.1 Å². The van der Waals surface area contributed by atoms with Crippen LogP contribution in [-0.2, 0) is 25.5 Å². The van der Waals surface area contributed by atoms with Gasteiger partial charge in [-0.05, 0) is 42.3 Å². The van der Waals surface area contributed by atoms with Gasteiger partial charge in [-0.1, -0.05) is 25.1 Å². The van der Waals surface area contributed by atoms with Crippen LogP contribution in [0.15, 0.2) is 48.5 Å². The van der Waals surface area contributed by atoms with Crippen molar-refractivity contribution in [2.75, 3.05) is 32.1 Å². The lowest BCUT2D eigenvalue weighted by atomic mass is 10.1. The van der Waals surface area contributed by atoms with Gasteiger partial charge in [0.15, 0.2) is 13.2 Å². The predicted molar refractivity (Wildman–Crippen MR) is 110 cm³/mol. The lowest BCUT2D eigenvalue weighted by molar-refractivity contribution is -0.153. The molecule has 8 nitrogen and oxygen atoms in total. The largest absolute Gasteiger partial charge is 0.482 e. The molecule has 0 aliphatic rings. The fraction of sp³-hybridized carbons (Fsp3) is 0.273. The maximum atomic E-state index is 12.2. The van der Waals surface area contributed by atoms with Crippen molar-refractivity contribution < 1.29 is 23.9 Å². The van der Waals surface area contributed by atoms with Crippen molar-refractivity contribution >= 4 is 23.5 Å². The summed E-state index contributed by atoms with van der Waals surface area (Å²) in [7, 11) is 1.45. The molecular formula is C22H23N3O5. The zero-order valence-electron chi connectivity index (χ0n) is 16.9. The number of carbonyl (C=O) groups is 3. The Labute approximate surface area is 175 Å². The molecule has 30 heavy (non-hydrogen) atoms. The lowest BCUT2D eigenvalue weighted by Crippen LogP contribution is -2.37. The van der Waals surface area contributed by atoms with E-state index in [1.165, 1.54) is 11.9 Å². The van der Waals surface area contributed by atoms with Gasteiger partial charge in [-0.2, -0.15) is 5.26 Å². The van der Waals surface area contributed by atoms with Gasteiger partial charge in [-0.3, -0.25) is 9.59 Å². The Bertz CT molecular complexity index is 935. The van der Waals surface area contributed by atoms with E-state index in [4.69, 9.17) is 14.7 Å². The van der Waals surface area contributed by atoms with Crippen molar-refractivity contribution in [2.24, 2.45) is 0 Å². The first kappa shape index (κ1) is 22.4. The Kier molecular flexibility index (Phi) is 8.39. The molecule has 8 heteroatoms. The zero-order chi connectivity index (χ0) is 21.9. The minimum Gasteiger partial charge on any atom is -0.482 e. The number of carbonyl (C=O) groups excluding carboxylic acids is 3. The van der Waals surface area contributed by atoms with Gasteiger partial charge in [0.05, 0.1) is 18.2 Å². The number of anilines is 1. The van der Waals surface area contributed by atoms with Crippen LogP contribution in [0.3, 0.4) is 0 Å². The average molecular weight is 409 g/mol. The number of aryl methyl sites for hydroxylation is 1. The van der Waals surface area contributed by atoms with Crippen molar-refractivity contribution in [3.63, 3.8) is 0 Å². The fourth-order valence-corrected chi connectivity index (χ4v) is 2.51. The summed E-state index contributed by atoms with van der Waals surface area (Å²) in [6.07, 6.45) is 0.770. The fourth-order valence-electron chi connectivity index (χ4n) is 2.51. The number of nitrogens with one attached hydrogen (secondary N) is 1. The summed E-state index contributed by atoms with van der Waals surface area (Å²) in [5.41, 5.74) is 2.18. The van der Waals surface area contributed by atoms with E-state index in [2.05, 4.69) is 5.32 Å². The summed E-state index contributed by atoms with van der Waals surface area (Å²) in [5, 5.41) is 11.5. The summed E-state index contributed by atoms with van der Waals surface area (Å²) in [5.74, 6) is -1.18. The van der Waals surface area contributed by atoms with Crippen molar-refractivity contribution in [2.45, 2.75) is 13.3 Å². The number of hydrogen-bond donors (Lipinski definition) is 1. The van der Waals surface area contributed by atoms with Crippen LogP contribution in [0.5, 0.6) is 5.75 Å². The van der Waals surface area contributed by atoms with E-state index in [1.807, 2.05) is 31.2 Å². The summed E-state index contributed by atoms with van der Waals surface area (Å²) >= 11 is 0. The Hall–Kier alpha value is -3.86. The Morgan fingerprint density at radius 2 is 1.77 bits per heavy atom. The second kappa shape index (κ2) is 11.2. The number of nitrogens with zero attached hydrogens (tertiary/aromatic N) is 2. The minimum absolute atomic E-state index is 0.170. The molecule has 2 aromatic rings. The van der Waals surface area contributed by atoms with Gasteiger partial charge in [-0.15, -0.1) is 0 Å². The first-order valence-corrected chi connectivity index (χ1v) is 9.33. The quantitative estimate of drug-likeness (QED) is 0.636. The highest BCUT2D eigenvalue weighted by atomic mass is 16.6. The second-order valence-corrected chi connectivity index (χ2v) is 6.39. The number of amides is 2. The molecule has 0 atom stereocenters. The highest BCUT2D eigenvalue weighted by Gasteiger charge is 2.16. The summed E-state index contributed by atoms with van der Waals surface area (Å²) in [6.45, 7) is 0.943. The van der Waals surface area contributed by atoms with Crippen molar-refractivity contribution in [3.05, 3.63) is 59.7 Å². The highest BCUT2D eigenvalue weighted by Crippen LogP contribution is 2.15. The molecule has 0 saturated heterocycles. The number of benzene rings is 2. The van der Waals surface area contributed by atoms with E-state index in [9.17, 15) is 14.4 Å². The first-order chi connectivity index (χ1) is 14.4. The molecule has 156 valence electrons. The molecule has 0 saturated carbocycles. The van der Waals surface area contributed by atoms with Crippen LogP contribution in [-0.4, -0.2) is 49.5 Å². The molecule has 0 heterocycles. The van der Waals surface area contributed by atoms with Gasteiger partial charge < -0.3 is 19.7 Å². The Balaban J connectivity index is 1.73. The summed E-state index contributed by atoms with van der Waals surface area (Å²) in [4.78, 5) is 37.2. The second-order valence-electron chi connectivity index (χ2n) is 6.39. The molecule has 0 aliphatic carbocycles. The van der Waals surface area contributed by atoms with Crippen LogP contribution in [0.25, 0.3) is 0 Å². The first-order valence-electron chi connectivity index (χ1n) is 9.33.